The molecule has 7 heteroatoms. The van der Waals surface area contributed by atoms with Gasteiger partial charge in [-0.2, -0.15) is 13.2 Å². The van der Waals surface area contributed by atoms with E-state index in [1.165, 1.54) is 0 Å². The molecular weight excluding hydrogens is 189 g/mol. The number of rotatable bonds is 2. The number of halogens is 3. The standard InChI is InChI=1S/C6H9F3N2O2/c7-6(8,9)3-11-4(1-10)2-13-5(11)12/h4H,1-3,10H2. The van der Waals surface area contributed by atoms with Crippen LogP contribution >= 0.6 is 0 Å². The van der Waals surface area contributed by atoms with Crippen molar-refractivity contribution in [1.82, 2.24) is 4.90 Å². The minimum absolute atomic E-state index is 0.0260. The first-order valence-corrected chi connectivity index (χ1v) is 3.64. The van der Waals surface area contributed by atoms with Crippen LogP contribution in [0.25, 0.3) is 0 Å². The Hall–Kier alpha value is -0.980. The third-order valence-electron chi connectivity index (χ3n) is 1.70. The Morgan fingerprint density at radius 1 is 1.62 bits per heavy atom. The molecule has 0 spiro atoms. The minimum atomic E-state index is -4.41. The summed E-state index contributed by atoms with van der Waals surface area (Å²) in [5.74, 6) is 0. The molecular formula is C6H9F3N2O2. The van der Waals surface area contributed by atoms with Crippen molar-refractivity contribution in [2.75, 3.05) is 19.7 Å². The first kappa shape index (κ1) is 10.1. The van der Waals surface area contributed by atoms with Crippen molar-refractivity contribution in [3.8, 4) is 0 Å². The molecule has 0 aromatic rings. The second-order valence-electron chi connectivity index (χ2n) is 2.71. The van der Waals surface area contributed by atoms with Crippen molar-refractivity contribution in [3.63, 3.8) is 0 Å². The predicted octanol–water partition coefficient (Wildman–Crippen LogP) is 0.328. The molecule has 1 unspecified atom stereocenters. The van der Waals surface area contributed by atoms with Crippen LogP contribution in [0.3, 0.4) is 0 Å². The quantitative estimate of drug-likeness (QED) is 0.695. The molecule has 0 aromatic heterocycles. The zero-order valence-electron chi connectivity index (χ0n) is 6.67. The Kier molecular flexibility index (Phi) is 2.65. The summed E-state index contributed by atoms with van der Waals surface area (Å²) in [4.78, 5) is 11.4. The molecule has 1 rings (SSSR count). The van der Waals surface area contributed by atoms with Crippen molar-refractivity contribution in [2.24, 2.45) is 5.73 Å². The fourth-order valence-corrected chi connectivity index (χ4v) is 1.07. The Bertz CT molecular complexity index is 207. The molecule has 0 aromatic carbocycles. The van der Waals surface area contributed by atoms with Crippen molar-refractivity contribution < 1.29 is 22.7 Å². The van der Waals surface area contributed by atoms with Crippen molar-refractivity contribution >= 4 is 6.09 Å². The topological polar surface area (TPSA) is 55.6 Å². The van der Waals surface area contributed by atoms with Crippen LogP contribution < -0.4 is 5.73 Å². The molecule has 1 heterocycles. The van der Waals surface area contributed by atoms with Gasteiger partial charge in [0.15, 0.2) is 0 Å². The molecule has 0 bridgehead atoms. The summed E-state index contributed by atoms with van der Waals surface area (Å²) in [7, 11) is 0. The Morgan fingerprint density at radius 2 is 2.23 bits per heavy atom. The lowest BCUT2D eigenvalue weighted by atomic mass is 10.3. The van der Waals surface area contributed by atoms with Gasteiger partial charge in [0, 0.05) is 6.54 Å². The van der Waals surface area contributed by atoms with Gasteiger partial charge < -0.3 is 10.5 Å². The van der Waals surface area contributed by atoms with E-state index >= 15 is 0 Å². The summed E-state index contributed by atoms with van der Waals surface area (Å²) in [5.41, 5.74) is 5.16. The molecule has 0 saturated carbocycles. The van der Waals surface area contributed by atoms with Crippen LogP contribution in [0.5, 0.6) is 0 Å². The van der Waals surface area contributed by atoms with Gasteiger partial charge in [-0.05, 0) is 0 Å². The van der Waals surface area contributed by atoms with Gasteiger partial charge in [0.25, 0.3) is 0 Å². The largest absolute Gasteiger partial charge is 0.447 e. The van der Waals surface area contributed by atoms with Gasteiger partial charge in [-0.15, -0.1) is 0 Å². The molecule has 76 valence electrons. The Morgan fingerprint density at radius 3 is 2.69 bits per heavy atom. The van der Waals surface area contributed by atoms with E-state index in [-0.39, 0.29) is 13.2 Å². The summed E-state index contributed by atoms with van der Waals surface area (Å²) in [6.07, 6.45) is -5.36. The molecule has 1 aliphatic rings. The fourth-order valence-electron chi connectivity index (χ4n) is 1.07. The highest BCUT2D eigenvalue weighted by atomic mass is 19.4. The normalized spacial score (nSPS) is 23.5. The van der Waals surface area contributed by atoms with Crippen molar-refractivity contribution in [2.45, 2.75) is 12.2 Å². The molecule has 1 saturated heterocycles. The lowest BCUT2D eigenvalue weighted by molar-refractivity contribution is -0.141. The molecule has 1 atom stereocenters. The lowest BCUT2D eigenvalue weighted by Crippen LogP contribution is -2.44. The number of nitrogens with zero attached hydrogens (tertiary/aromatic N) is 1. The summed E-state index contributed by atoms with van der Waals surface area (Å²) >= 11 is 0. The molecule has 2 N–H and O–H groups in total. The van der Waals surface area contributed by atoms with E-state index in [0.717, 1.165) is 0 Å². The highest BCUT2D eigenvalue weighted by Crippen LogP contribution is 2.21. The maximum Gasteiger partial charge on any atom is 0.410 e. The number of hydrogen-bond acceptors (Lipinski definition) is 3. The van der Waals surface area contributed by atoms with Crippen LogP contribution in [0.2, 0.25) is 0 Å². The SMILES string of the molecule is NCC1COC(=O)N1CC(F)(F)F. The number of amides is 1. The molecule has 0 aliphatic carbocycles. The van der Waals surface area contributed by atoms with Gasteiger partial charge in [0.05, 0.1) is 6.04 Å². The first-order valence-electron chi connectivity index (χ1n) is 3.64. The minimum Gasteiger partial charge on any atom is -0.447 e. The molecule has 1 fully saturated rings. The van der Waals surface area contributed by atoms with Crippen LogP contribution in [-0.4, -0.2) is 42.9 Å². The number of carbonyl (C=O) groups is 1. The number of ether oxygens (including phenoxy) is 1. The number of nitrogens with two attached hydrogens (primary N) is 1. The number of cyclic esters (lactones) is 1. The average molecular weight is 198 g/mol. The number of carbonyl (C=O) groups excluding carboxylic acids is 1. The monoisotopic (exact) mass is 198 g/mol. The van der Waals surface area contributed by atoms with Gasteiger partial charge >= 0.3 is 12.3 Å². The number of alkyl halides is 3. The van der Waals surface area contributed by atoms with Crippen LogP contribution in [0.1, 0.15) is 0 Å². The van der Waals surface area contributed by atoms with Crippen LogP contribution in [-0.2, 0) is 4.74 Å². The lowest BCUT2D eigenvalue weighted by Gasteiger charge is -2.20. The van der Waals surface area contributed by atoms with E-state index in [4.69, 9.17) is 5.73 Å². The first-order chi connectivity index (χ1) is 5.94. The maximum absolute atomic E-state index is 11.9. The van der Waals surface area contributed by atoms with E-state index in [9.17, 15) is 18.0 Å². The smallest absolute Gasteiger partial charge is 0.410 e. The van der Waals surface area contributed by atoms with Crippen molar-refractivity contribution in [1.29, 1.82) is 0 Å². The molecule has 13 heavy (non-hydrogen) atoms. The van der Waals surface area contributed by atoms with E-state index in [1.807, 2.05) is 0 Å². The average Bonchev–Trinajstić information content (AvgIpc) is 2.30. The van der Waals surface area contributed by atoms with Crippen molar-refractivity contribution in [3.05, 3.63) is 0 Å². The van der Waals surface area contributed by atoms with E-state index in [0.29, 0.717) is 4.90 Å². The zero-order valence-corrected chi connectivity index (χ0v) is 6.67. The molecule has 1 amide bonds. The maximum atomic E-state index is 11.9. The van der Waals surface area contributed by atoms with Gasteiger partial charge in [-0.3, -0.25) is 4.90 Å². The third-order valence-corrected chi connectivity index (χ3v) is 1.70. The predicted molar refractivity (Wildman–Crippen MR) is 37.0 cm³/mol. The number of hydrogen-bond donors (Lipinski definition) is 1. The van der Waals surface area contributed by atoms with Gasteiger partial charge in [0.1, 0.15) is 13.2 Å². The summed E-state index contributed by atoms with van der Waals surface area (Å²) in [6, 6.07) is -0.658. The van der Waals surface area contributed by atoms with Gasteiger partial charge in [-0.1, -0.05) is 0 Å². The molecule has 1 aliphatic heterocycles. The molecule has 0 radical (unpaired) electrons. The third kappa shape index (κ3) is 2.48. The van der Waals surface area contributed by atoms with Gasteiger partial charge in [0.2, 0.25) is 0 Å². The van der Waals surface area contributed by atoms with Gasteiger partial charge in [-0.25, -0.2) is 4.79 Å². The van der Waals surface area contributed by atoms with E-state index < -0.39 is 24.9 Å². The fraction of sp³-hybridized carbons (Fsp3) is 0.833. The summed E-state index contributed by atoms with van der Waals surface area (Å²) in [5, 5.41) is 0. The zero-order chi connectivity index (χ0) is 10.1. The summed E-state index contributed by atoms with van der Waals surface area (Å²) < 4.78 is 40.1. The van der Waals surface area contributed by atoms with E-state index in [2.05, 4.69) is 4.74 Å². The highest BCUT2D eigenvalue weighted by molar-refractivity contribution is 5.70. The van der Waals surface area contributed by atoms with Crippen LogP contribution in [0, 0.1) is 0 Å². The second-order valence-corrected chi connectivity index (χ2v) is 2.71. The Balaban J connectivity index is 2.60. The van der Waals surface area contributed by atoms with Crippen LogP contribution in [0.15, 0.2) is 0 Å². The van der Waals surface area contributed by atoms with Crippen LogP contribution in [0.4, 0.5) is 18.0 Å². The molecule has 4 nitrogen and oxygen atoms in total. The Labute approximate surface area is 72.4 Å². The second kappa shape index (κ2) is 3.41. The summed E-state index contributed by atoms with van der Waals surface area (Å²) in [6.45, 7) is -1.39. The van der Waals surface area contributed by atoms with E-state index in [1.54, 1.807) is 0 Å². The highest BCUT2D eigenvalue weighted by Gasteiger charge is 2.40.